The Kier molecular flexibility index (Phi) is 7.07. The van der Waals surface area contributed by atoms with Crippen LogP contribution in [0.15, 0.2) is 67.1 Å². The first-order valence-corrected chi connectivity index (χ1v) is 10.8. The molecule has 0 spiro atoms. The number of anilines is 1. The Labute approximate surface area is 196 Å². The molecule has 0 aliphatic carbocycles. The number of amides is 2. The first-order valence-electron chi connectivity index (χ1n) is 10.8. The van der Waals surface area contributed by atoms with Crippen LogP contribution in [0.5, 0.6) is 11.6 Å². The summed E-state index contributed by atoms with van der Waals surface area (Å²) in [6, 6.07) is 15.2. The van der Waals surface area contributed by atoms with E-state index in [0.29, 0.717) is 24.7 Å². The number of pyridine rings is 1. The van der Waals surface area contributed by atoms with Crippen molar-refractivity contribution in [3.05, 3.63) is 72.7 Å². The van der Waals surface area contributed by atoms with Gasteiger partial charge in [0, 0.05) is 25.5 Å². The molecule has 0 fully saturated rings. The van der Waals surface area contributed by atoms with Crippen LogP contribution in [-0.2, 0) is 16.1 Å². The van der Waals surface area contributed by atoms with E-state index in [-0.39, 0.29) is 25.0 Å². The molecule has 0 saturated heterocycles. The molecule has 4 rings (SSSR count). The maximum absolute atomic E-state index is 12.5. The number of carbonyl (C=O) groups excluding carboxylic acids is 2. The van der Waals surface area contributed by atoms with Crippen molar-refractivity contribution in [2.24, 2.45) is 0 Å². The number of benzene rings is 1. The lowest BCUT2D eigenvalue weighted by Crippen LogP contribution is -2.33. The maximum atomic E-state index is 12.5. The van der Waals surface area contributed by atoms with Gasteiger partial charge in [-0.2, -0.15) is 5.10 Å². The van der Waals surface area contributed by atoms with Crippen LogP contribution in [0, 0.1) is 6.92 Å². The van der Waals surface area contributed by atoms with Gasteiger partial charge in [0.25, 0.3) is 5.91 Å². The predicted octanol–water partition coefficient (Wildman–Crippen LogP) is 2.39. The zero-order valence-corrected chi connectivity index (χ0v) is 19.0. The van der Waals surface area contributed by atoms with Gasteiger partial charge in [0.15, 0.2) is 6.61 Å². The molecule has 2 amide bonds. The van der Waals surface area contributed by atoms with Gasteiger partial charge in [0.1, 0.15) is 18.9 Å². The highest BCUT2D eigenvalue weighted by Crippen LogP contribution is 2.13. The van der Waals surface area contributed by atoms with Gasteiger partial charge in [-0.25, -0.2) is 4.52 Å². The van der Waals surface area contributed by atoms with E-state index in [1.165, 1.54) is 10.9 Å². The number of nitrogens with one attached hydrogen (secondary N) is 1. The smallest absolute Gasteiger partial charge is 0.262 e. The third kappa shape index (κ3) is 6.12. The zero-order valence-electron chi connectivity index (χ0n) is 19.0. The second kappa shape index (κ2) is 10.5. The van der Waals surface area contributed by atoms with Gasteiger partial charge in [-0.1, -0.05) is 23.8 Å². The summed E-state index contributed by atoms with van der Waals surface area (Å²) in [5.41, 5.74) is 2.51. The van der Waals surface area contributed by atoms with E-state index >= 15 is 0 Å². The molecule has 176 valence electrons. The van der Waals surface area contributed by atoms with Gasteiger partial charge < -0.3 is 19.7 Å². The number of likely N-dealkylation sites (N-methyl/N-ethyl adjacent to an activating group) is 1. The van der Waals surface area contributed by atoms with Gasteiger partial charge in [0.05, 0.1) is 23.9 Å². The summed E-state index contributed by atoms with van der Waals surface area (Å²) in [4.78, 5) is 26.2. The Morgan fingerprint density at radius 1 is 1.12 bits per heavy atom. The van der Waals surface area contributed by atoms with Crippen LogP contribution in [0.25, 0.3) is 5.52 Å². The Hall–Kier alpha value is -4.34. The van der Waals surface area contributed by atoms with Crippen LogP contribution in [0.3, 0.4) is 0 Å². The van der Waals surface area contributed by atoms with Crippen molar-refractivity contribution in [3.8, 4) is 11.6 Å². The average Bonchev–Trinajstić information content (AvgIpc) is 3.45. The second-order valence-corrected chi connectivity index (χ2v) is 7.79. The standard InChI is InChI=1S/C24H26N6O4/c1-18-6-8-21(9-7-18)33-12-11-28(2)24(32)16-29-15-19(14-25-29)26-22(31)17-34-23-13-20-5-3-4-10-30(20)27-23/h3-10,13-15H,11-12,16-17H2,1-2H3,(H,26,31). The fourth-order valence-corrected chi connectivity index (χ4v) is 3.16. The molecule has 0 radical (unpaired) electrons. The van der Waals surface area contributed by atoms with Crippen LogP contribution in [-0.4, -0.2) is 62.9 Å². The molecule has 0 saturated carbocycles. The van der Waals surface area contributed by atoms with Crippen molar-refractivity contribution in [2.45, 2.75) is 13.5 Å². The van der Waals surface area contributed by atoms with E-state index in [0.717, 1.165) is 16.8 Å². The van der Waals surface area contributed by atoms with Crippen molar-refractivity contribution in [2.75, 3.05) is 32.1 Å². The summed E-state index contributed by atoms with van der Waals surface area (Å²) >= 11 is 0. The summed E-state index contributed by atoms with van der Waals surface area (Å²) in [5.74, 6) is 0.651. The number of nitrogens with zero attached hydrogens (tertiary/aromatic N) is 5. The Bertz CT molecular complexity index is 1230. The van der Waals surface area contributed by atoms with Gasteiger partial charge in [-0.15, -0.1) is 5.10 Å². The summed E-state index contributed by atoms with van der Waals surface area (Å²) in [5, 5.41) is 11.1. The molecule has 10 heteroatoms. The van der Waals surface area contributed by atoms with Crippen molar-refractivity contribution >= 4 is 23.0 Å². The number of fused-ring (bicyclic) bond motifs is 1. The number of rotatable bonds is 10. The third-order valence-electron chi connectivity index (χ3n) is 5.06. The quantitative estimate of drug-likeness (QED) is 0.388. The lowest BCUT2D eigenvalue weighted by atomic mass is 10.2. The van der Waals surface area contributed by atoms with E-state index in [1.54, 1.807) is 34.9 Å². The Balaban J connectivity index is 1.19. The normalized spacial score (nSPS) is 10.8. The van der Waals surface area contributed by atoms with E-state index in [1.807, 2.05) is 49.4 Å². The Morgan fingerprint density at radius 2 is 1.94 bits per heavy atom. The third-order valence-corrected chi connectivity index (χ3v) is 5.06. The molecule has 0 aliphatic heterocycles. The van der Waals surface area contributed by atoms with Crippen molar-refractivity contribution in [3.63, 3.8) is 0 Å². The molecular formula is C24H26N6O4. The fraction of sp³-hybridized carbons (Fsp3) is 0.250. The van der Waals surface area contributed by atoms with E-state index in [9.17, 15) is 9.59 Å². The van der Waals surface area contributed by atoms with Crippen molar-refractivity contribution in [1.29, 1.82) is 0 Å². The molecule has 10 nitrogen and oxygen atoms in total. The first-order chi connectivity index (χ1) is 16.5. The van der Waals surface area contributed by atoms with Crippen LogP contribution < -0.4 is 14.8 Å². The largest absolute Gasteiger partial charge is 0.492 e. The molecule has 0 unspecified atom stereocenters. The molecule has 0 atom stereocenters. The highest BCUT2D eigenvalue weighted by atomic mass is 16.5. The van der Waals surface area contributed by atoms with Gasteiger partial charge in [0.2, 0.25) is 11.8 Å². The zero-order chi connectivity index (χ0) is 23.9. The predicted molar refractivity (Wildman–Crippen MR) is 126 cm³/mol. The van der Waals surface area contributed by atoms with Crippen LogP contribution in [0.1, 0.15) is 5.56 Å². The molecule has 3 heterocycles. The Morgan fingerprint density at radius 3 is 2.74 bits per heavy atom. The molecule has 1 aromatic carbocycles. The minimum atomic E-state index is -0.353. The van der Waals surface area contributed by atoms with Crippen molar-refractivity contribution < 1.29 is 19.1 Å². The van der Waals surface area contributed by atoms with Crippen LogP contribution >= 0.6 is 0 Å². The van der Waals surface area contributed by atoms with E-state index < -0.39 is 0 Å². The lowest BCUT2D eigenvalue weighted by molar-refractivity contribution is -0.131. The minimum Gasteiger partial charge on any atom is -0.492 e. The highest BCUT2D eigenvalue weighted by molar-refractivity contribution is 5.91. The molecule has 0 bridgehead atoms. The number of aromatic nitrogens is 4. The monoisotopic (exact) mass is 462 g/mol. The van der Waals surface area contributed by atoms with Crippen molar-refractivity contribution in [1.82, 2.24) is 24.3 Å². The van der Waals surface area contributed by atoms with Gasteiger partial charge in [-0.05, 0) is 31.2 Å². The van der Waals surface area contributed by atoms with Gasteiger partial charge >= 0.3 is 0 Å². The molecule has 34 heavy (non-hydrogen) atoms. The van der Waals surface area contributed by atoms with Crippen LogP contribution in [0.4, 0.5) is 5.69 Å². The minimum absolute atomic E-state index is 0.0502. The molecule has 0 aliphatic rings. The molecule has 4 aromatic rings. The SMILES string of the molecule is Cc1ccc(OCCN(C)C(=O)Cn2cc(NC(=O)COc3cc4ccccn4n3)cn2)cc1. The average molecular weight is 463 g/mol. The lowest BCUT2D eigenvalue weighted by Gasteiger charge is -2.17. The summed E-state index contributed by atoms with van der Waals surface area (Å²) in [6.07, 6.45) is 4.88. The first kappa shape index (κ1) is 22.8. The number of hydrogen-bond donors (Lipinski definition) is 1. The molecule has 1 N–H and O–H groups in total. The topological polar surface area (TPSA) is 103 Å². The highest BCUT2D eigenvalue weighted by Gasteiger charge is 2.12. The molecule has 3 aromatic heterocycles. The number of ether oxygens (including phenoxy) is 2. The summed E-state index contributed by atoms with van der Waals surface area (Å²) < 4.78 is 14.3. The fourth-order valence-electron chi connectivity index (χ4n) is 3.16. The van der Waals surface area contributed by atoms with Gasteiger partial charge in [-0.3, -0.25) is 14.3 Å². The number of carbonyl (C=O) groups is 2. The van der Waals surface area contributed by atoms with E-state index in [2.05, 4.69) is 15.5 Å². The van der Waals surface area contributed by atoms with Crippen LogP contribution in [0.2, 0.25) is 0 Å². The summed E-state index contributed by atoms with van der Waals surface area (Å²) in [7, 11) is 1.71. The van der Waals surface area contributed by atoms with E-state index in [4.69, 9.17) is 9.47 Å². The molecular weight excluding hydrogens is 436 g/mol. The number of hydrogen-bond acceptors (Lipinski definition) is 6. The second-order valence-electron chi connectivity index (χ2n) is 7.79. The maximum Gasteiger partial charge on any atom is 0.262 e. The summed E-state index contributed by atoms with van der Waals surface area (Å²) in [6.45, 7) is 2.70. The number of aryl methyl sites for hydroxylation is 1.